The Kier molecular flexibility index (Phi) is 4.28. The summed E-state index contributed by atoms with van der Waals surface area (Å²) in [5, 5.41) is 8.58. The van der Waals surface area contributed by atoms with Crippen molar-refractivity contribution >= 4 is 23.3 Å². The molecule has 2 N–H and O–H groups in total. The van der Waals surface area contributed by atoms with Gasteiger partial charge < -0.3 is 10.2 Å². The zero-order chi connectivity index (χ0) is 17.1. The number of rotatable bonds is 3. The Bertz CT molecular complexity index is 795. The fourth-order valence-electron chi connectivity index (χ4n) is 2.49. The minimum atomic E-state index is -0.423. The largest absolute Gasteiger partial charge is 0.327 e. The van der Waals surface area contributed by atoms with Gasteiger partial charge in [-0.3, -0.25) is 14.5 Å². The Morgan fingerprint density at radius 3 is 2.54 bits per heavy atom. The fraction of sp³-hybridized carbons (Fsp3) is 0.250. The lowest BCUT2D eigenvalue weighted by atomic mass is 10.2. The number of nitrogens with zero attached hydrogens (tertiary/aromatic N) is 3. The molecule has 24 heavy (non-hydrogen) atoms. The highest BCUT2D eigenvalue weighted by Gasteiger charge is 2.23. The van der Waals surface area contributed by atoms with Crippen LogP contribution in [0, 0.1) is 0 Å². The van der Waals surface area contributed by atoms with Crippen molar-refractivity contribution in [1.29, 1.82) is 0 Å². The second-order valence-corrected chi connectivity index (χ2v) is 5.52. The van der Waals surface area contributed by atoms with E-state index in [1.807, 2.05) is 0 Å². The molecule has 2 heterocycles. The van der Waals surface area contributed by atoms with Crippen molar-refractivity contribution in [2.75, 3.05) is 30.4 Å². The van der Waals surface area contributed by atoms with Crippen molar-refractivity contribution in [3.05, 3.63) is 52.4 Å². The molecule has 3 rings (SSSR count). The van der Waals surface area contributed by atoms with Gasteiger partial charge in [0.1, 0.15) is 5.69 Å². The summed E-state index contributed by atoms with van der Waals surface area (Å²) in [6.45, 7) is 1.44. The van der Waals surface area contributed by atoms with Crippen LogP contribution in [0.1, 0.15) is 16.9 Å². The van der Waals surface area contributed by atoms with Crippen molar-refractivity contribution in [2.45, 2.75) is 6.42 Å². The van der Waals surface area contributed by atoms with Crippen molar-refractivity contribution in [3.63, 3.8) is 0 Å². The van der Waals surface area contributed by atoms with E-state index in [1.165, 1.54) is 12.1 Å². The Labute approximate surface area is 138 Å². The topological polar surface area (TPSA) is 98.4 Å². The molecule has 1 aliphatic heterocycles. The van der Waals surface area contributed by atoms with Crippen molar-refractivity contribution in [2.24, 2.45) is 0 Å². The molecule has 1 aliphatic rings. The first-order valence-electron chi connectivity index (χ1n) is 7.54. The first-order valence-corrected chi connectivity index (χ1v) is 7.54. The summed E-state index contributed by atoms with van der Waals surface area (Å²) in [6.07, 6.45) is 0.915. The number of hydrogen-bond donors (Lipinski definition) is 2. The van der Waals surface area contributed by atoms with Crippen LogP contribution in [0.25, 0.3) is 0 Å². The van der Waals surface area contributed by atoms with E-state index in [2.05, 4.69) is 15.5 Å². The second kappa shape index (κ2) is 6.53. The van der Waals surface area contributed by atoms with E-state index in [4.69, 9.17) is 0 Å². The van der Waals surface area contributed by atoms with Crippen molar-refractivity contribution in [1.82, 2.24) is 15.1 Å². The fourth-order valence-corrected chi connectivity index (χ4v) is 2.49. The molecule has 0 saturated carbocycles. The minimum Gasteiger partial charge on any atom is -0.327 e. The SMILES string of the molecule is CN1CCCN(c2ccc(NC(=O)c3ccc(=O)[nH]n3)cc2)C1=O. The molecule has 0 unspecified atom stereocenters. The van der Waals surface area contributed by atoms with Crippen LogP contribution in [0.2, 0.25) is 0 Å². The van der Waals surface area contributed by atoms with Crippen LogP contribution >= 0.6 is 0 Å². The van der Waals surface area contributed by atoms with E-state index in [-0.39, 0.29) is 17.3 Å². The molecule has 1 aromatic heterocycles. The zero-order valence-corrected chi connectivity index (χ0v) is 13.2. The molecule has 124 valence electrons. The molecule has 1 fully saturated rings. The molecule has 8 heteroatoms. The number of aromatic nitrogens is 2. The summed E-state index contributed by atoms with van der Waals surface area (Å²) in [6, 6.07) is 9.57. The Hall–Kier alpha value is -3.16. The molecule has 2 aromatic rings. The van der Waals surface area contributed by atoms with Crippen LogP contribution < -0.4 is 15.8 Å². The molecular formula is C16H17N5O3. The molecule has 1 saturated heterocycles. The maximum absolute atomic E-state index is 12.1. The standard InChI is InChI=1S/C16H17N5O3/c1-20-9-2-10-21(16(20)24)12-5-3-11(4-6-12)17-15(23)13-7-8-14(22)19-18-13/h3-8H,2,9-10H2,1H3,(H,17,23)(H,19,22). The van der Waals surface area contributed by atoms with Gasteiger partial charge in [0.05, 0.1) is 0 Å². The Morgan fingerprint density at radius 2 is 1.88 bits per heavy atom. The number of anilines is 2. The number of hydrogen-bond acceptors (Lipinski definition) is 4. The van der Waals surface area contributed by atoms with Crippen LogP contribution in [0.15, 0.2) is 41.2 Å². The first-order chi connectivity index (χ1) is 11.5. The smallest absolute Gasteiger partial charge is 0.324 e. The lowest BCUT2D eigenvalue weighted by Gasteiger charge is -2.33. The van der Waals surface area contributed by atoms with Crippen LogP contribution in [0.5, 0.6) is 0 Å². The van der Waals surface area contributed by atoms with Gasteiger partial charge in [0, 0.05) is 37.6 Å². The quantitative estimate of drug-likeness (QED) is 0.887. The van der Waals surface area contributed by atoms with Gasteiger partial charge in [-0.25, -0.2) is 9.89 Å². The third-order valence-electron chi connectivity index (χ3n) is 3.78. The Morgan fingerprint density at radius 1 is 1.12 bits per heavy atom. The lowest BCUT2D eigenvalue weighted by Crippen LogP contribution is -2.47. The van der Waals surface area contributed by atoms with Crippen LogP contribution in [0.3, 0.4) is 0 Å². The minimum absolute atomic E-state index is 0.0320. The monoisotopic (exact) mass is 327 g/mol. The average molecular weight is 327 g/mol. The summed E-state index contributed by atoms with van der Waals surface area (Å²) in [7, 11) is 1.78. The van der Waals surface area contributed by atoms with Gasteiger partial charge in [0.15, 0.2) is 0 Å². The maximum atomic E-state index is 12.1. The average Bonchev–Trinajstić information content (AvgIpc) is 2.59. The van der Waals surface area contributed by atoms with Crippen LogP contribution in [0.4, 0.5) is 16.2 Å². The van der Waals surface area contributed by atoms with E-state index >= 15 is 0 Å². The number of carbonyl (C=O) groups is 2. The molecule has 0 aliphatic carbocycles. The lowest BCUT2D eigenvalue weighted by molar-refractivity contribution is 0.102. The molecule has 8 nitrogen and oxygen atoms in total. The van der Waals surface area contributed by atoms with Crippen LogP contribution in [-0.4, -0.2) is 47.2 Å². The normalized spacial score (nSPS) is 14.6. The zero-order valence-electron chi connectivity index (χ0n) is 13.2. The highest BCUT2D eigenvalue weighted by Crippen LogP contribution is 2.21. The number of carbonyl (C=O) groups excluding carboxylic acids is 2. The van der Waals surface area contributed by atoms with E-state index in [0.29, 0.717) is 12.2 Å². The molecule has 3 amide bonds. The van der Waals surface area contributed by atoms with Crippen molar-refractivity contribution in [3.8, 4) is 0 Å². The molecule has 0 radical (unpaired) electrons. The number of benzene rings is 1. The molecule has 1 aromatic carbocycles. The number of nitrogens with one attached hydrogen (secondary N) is 2. The molecular weight excluding hydrogens is 310 g/mol. The summed E-state index contributed by atoms with van der Waals surface area (Å²) in [5.41, 5.74) is 1.11. The second-order valence-electron chi connectivity index (χ2n) is 5.52. The van der Waals surface area contributed by atoms with Gasteiger partial charge in [-0.05, 0) is 36.8 Å². The predicted molar refractivity (Wildman–Crippen MR) is 89.2 cm³/mol. The molecule has 0 atom stereocenters. The number of aromatic amines is 1. The van der Waals surface area contributed by atoms with Crippen molar-refractivity contribution < 1.29 is 9.59 Å². The number of H-pyrrole nitrogens is 1. The highest BCUT2D eigenvalue weighted by molar-refractivity contribution is 6.03. The summed E-state index contributed by atoms with van der Waals surface area (Å²) in [4.78, 5) is 38.5. The van der Waals surface area contributed by atoms with E-state index in [0.717, 1.165) is 18.7 Å². The third kappa shape index (κ3) is 3.27. The maximum Gasteiger partial charge on any atom is 0.324 e. The highest BCUT2D eigenvalue weighted by atomic mass is 16.2. The van der Waals surface area contributed by atoms with Gasteiger partial charge in [-0.15, -0.1) is 0 Å². The van der Waals surface area contributed by atoms with E-state index in [9.17, 15) is 14.4 Å². The van der Waals surface area contributed by atoms with E-state index in [1.54, 1.807) is 41.1 Å². The number of urea groups is 1. The van der Waals surface area contributed by atoms with E-state index < -0.39 is 5.91 Å². The van der Waals surface area contributed by atoms with Gasteiger partial charge >= 0.3 is 6.03 Å². The van der Waals surface area contributed by atoms with Gasteiger partial charge in [-0.1, -0.05) is 0 Å². The number of amides is 3. The van der Waals surface area contributed by atoms with Gasteiger partial charge in [0.2, 0.25) is 0 Å². The van der Waals surface area contributed by atoms with Gasteiger partial charge in [0.25, 0.3) is 11.5 Å². The summed E-state index contributed by atoms with van der Waals surface area (Å²) < 4.78 is 0. The summed E-state index contributed by atoms with van der Waals surface area (Å²) in [5.74, 6) is -0.423. The first kappa shape index (κ1) is 15.7. The molecule has 0 spiro atoms. The Balaban J connectivity index is 1.70. The summed E-state index contributed by atoms with van der Waals surface area (Å²) >= 11 is 0. The predicted octanol–water partition coefficient (Wildman–Crippen LogP) is 1.28. The third-order valence-corrected chi connectivity index (χ3v) is 3.78. The molecule has 0 bridgehead atoms. The van der Waals surface area contributed by atoms with Gasteiger partial charge in [-0.2, -0.15) is 5.10 Å². The van der Waals surface area contributed by atoms with Crippen LogP contribution in [-0.2, 0) is 0 Å².